The summed E-state index contributed by atoms with van der Waals surface area (Å²) in [5.74, 6) is 1.11. The molecule has 0 aliphatic rings. The summed E-state index contributed by atoms with van der Waals surface area (Å²) in [5, 5.41) is 9.27. The van der Waals surface area contributed by atoms with Crippen molar-refractivity contribution in [2.24, 2.45) is 0 Å². The Morgan fingerprint density at radius 3 is 2.50 bits per heavy atom. The highest BCUT2D eigenvalue weighted by molar-refractivity contribution is 5.42. The summed E-state index contributed by atoms with van der Waals surface area (Å²) in [4.78, 5) is 0. The number of aliphatic hydroxyl groups excluding tert-OH is 1. The fraction of sp³-hybridized carbons (Fsp3) is 0.200. The molecule has 0 saturated carbocycles. The van der Waals surface area contributed by atoms with Crippen molar-refractivity contribution in [3.05, 3.63) is 59.7 Å². The van der Waals surface area contributed by atoms with Gasteiger partial charge in [-0.25, -0.2) is 0 Å². The Hall–Kier alpha value is -2.00. The maximum atomic E-state index is 9.27. The van der Waals surface area contributed by atoms with Crippen LogP contribution in [0.5, 0.6) is 11.5 Å². The monoisotopic (exact) mass is 245 g/mol. The average Bonchev–Trinajstić information content (AvgIpc) is 2.45. The van der Waals surface area contributed by atoms with Gasteiger partial charge in [-0.15, -0.1) is 0 Å². The van der Waals surface area contributed by atoms with Crippen molar-refractivity contribution in [1.82, 2.24) is 0 Å². The first-order chi connectivity index (χ1) is 9.20. The third-order valence-electron chi connectivity index (χ3n) is 2.57. The van der Waals surface area contributed by atoms with Crippen LogP contribution in [0.25, 0.3) is 0 Å². The molecule has 18 heavy (non-hydrogen) atoms. The topological polar surface area (TPSA) is 38.7 Å². The molecule has 0 fully saturated rings. The van der Waals surface area contributed by atoms with E-state index in [1.165, 1.54) is 0 Å². The predicted molar refractivity (Wildman–Crippen MR) is 69.7 cm³/mol. The predicted octanol–water partition coefficient (Wildman–Crippen LogP) is 2.77. The molecule has 0 unspecified atom stereocenters. The van der Waals surface area contributed by atoms with Crippen LogP contribution < -0.4 is 9.47 Å². The van der Waals surface area contributed by atoms with E-state index in [-0.39, 0.29) is 0 Å². The minimum absolute atomic E-state index is 0.411. The lowest BCUT2D eigenvalue weighted by atomic mass is 10.2. The lowest BCUT2D eigenvalue weighted by Gasteiger charge is -2.11. The molecule has 1 N–H and O–H groups in total. The van der Waals surface area contributed by atoms with Gasteiger partial charge in [0.1, 0.15) is 6.61 Å². The lowest BCUT2D eigenvalue weighted by Crippen LogP contribution is -1.98. The largest absolute Gasteiger partial charge is 0.493 e. The Labute approximate surface area is 108 Å². The summed E-state index contributed by atoms with van der Waals surface area (Å²) >= 11 is 0. The molecule has 0 saturated heterocycles. The van der Waals surface area contributed by atoms with Gasteiger partial charge in [-0.2, -0.15) is 0 Å². The summed E-state index contributed by atoms with van der Waals surface area (Å²) in [5.41, 5.74) is 1.52. The van der Waals surface area contributed by atoms with Gasteiger partial charge in [-0.3, -0.25) is 0 Å². The van der Waals surface area contributed by atoms with Crippen molar-refractivity contribution in [3.63, 3.8) is 0 Å². The molecule has 0 heterocycles. The van der Waals surface area contributed by atoms with Crippen molar-refractivity contribution >= 4 is 0 Å². The molecule has 0 aliphatic heterocycles. The number of hydrogen-bond donors (Lipinski definition) is 1. The molecule has 94 valence electrons. The van der Waals surface area contributed by atoms with Crippen LogP contribution in [0.4, 0.5) is 0 Å². The second-order valence-electron chi connectivity index (χ2n) is 3.81. The number of rotatable bonds is 5. The van der Waals surface area contributed by atoms with Crippen LogP contribution in [0.2, 0.25) is 0 Å². The fourth-order valence-electron chi connectivity index (χ4n) is 1.62. The van der Waals surface area contributed by atoms with Gasteiger partial charge in [0.05, 0.1) is 15.1 Å². The minimum atomic E-state index is -1.27. The third-order valence-corrected chi connectivity index (χ3v) is 2.57. The van der Waals surface area contributed by atoms with Gasteiger partial charge in [0.25, 0.3) is 0 Å². The molecule has 0 radical (unpaired) electrons. The smallest absolute Gasteiger partial charge is 0.162 e. The zero-order valence-electron chi connectivity index (χ0n) is 11.2. The lowest BCUT2D eigenvalue weighted by molar-refractivity contribution is 0.271. The van der Waals surface area contributed by atoms with Crippen LogP contribution in [0.15, 0.2) is 48.5 Å². The Kier molecular flexibility index (Phi) is 3.75. The first-order valence-corrected chi connectivity index (χ1v) is 5.65. The molecule has 0 spiro atoms. The molecule has 0 aliphatic carbocycles. The molecule has 3 heteroatoms. The molecule has 0 bridgehead atoms. The van der Waals surface area contributed by atoms with Gasteiger partial charge < -0.3 is 14.6 Å². The van der Waals surface area contributed by atoms with Gasteiger partial charge in [0.15, 0.2) is 11.5 Å². The number of methoxy groups -OCH3 is 1. The van der Waals surface area contributed by atoms with Crippen molar-refractivity contribution < 1.29 is 16.0 Å². The molecular weight excluding hydrogens is 228 g/mol. The summed E-state index contributed by atoms with van der Waals surface area (Å²) in [6, 6.07) is 14.7. The molecule has 3 nitrogen and oxygen atoms in total. The second-order valence-corrected chi connectivity index (χ2v) is 3.81. The van der Waals surface area contributed by atoms with Crippen LogP contribution in [0, 0.1) is 0 Å². The summed E-state index contributed by atoms with van der Waals surface area (Å²) < 4.78 is 18.2. The number of hydrogen-bond acceptors (Lipinski definition) is 3. The Morgan fingerprint density at radius 1 is 1.06 bits per heavy atom. The average molecular weight is 245 g/mol. The van der Waals surface area contributed by atoms with E-state index < -0.39 is 6.58 Å². The maximum absolute atomic E-state index is 9.27. The fourth-order valence-corrected chi connectivity index (χ4v) is 1.62. The summed E-state index contributed by atoms with van der Waals surface area (Å²) in [6.45, 7) is -0.862. The Morgan fingerprint density at radius 2 is 1.83 bits per heavy atom. The van der Waals surface area contributed by atoms with E-state index in [2.05, 4.69) is 0 Å². The van der Waals surface area contributed by atoms with Crippen LogP contribution in [0.3, 0.4) is 0 Å². The van der Waals surface area contributed by atoms with E-state index in [0.29, 0.717) is 23.7 Å². The SMILES string of the molecule is [2H][C@@H](O)c1ccc(OC)c(OCc2ccccc2)c1. The van der Waals surface area contributed by atoms with Crippen LogP contribution in [0.1, 0.15) is 12.5 Å². The number of aliphatic hydroxyl groups is 1. The zero-order chi connectivity index (χ0) is 13.7. The quantitative estimate of drug-likeness (QED) is 0.880. The van der Waals surface area contributed by atoms with Crippen molar-refractivity contribution in [2.45, 2.75) is 13.2 Å². The van der Waals surface area contributed by atoms with Crippen LogP contribution in [-0.2, 0) is 13.2 Å². The van der Waals surface area contributed by atoms with Crippen LogP contribution >= 0.6 is 0 Å². The molecule has 1 atom stereocenters. The van der Waals surface area contributed by atoms with E-state index >= 15 is 0 Å². The summed E-state index contributed by atoms with van der Waals surface area (Å²) in [7, 11) is 1.56. The van der Waals surface area contributed by atoms with Gasteiger partial charge >= 0.3 is 0 Å². The standard InChI is InChI=1S/C15H16O3/c1-17-14-8-7-13(10-16)9-15(14)18-11-12-5-3-2-4-6-12/h2-9,16H,10-11H2,1H3/i10D/t10-/m1/s1. The molecule has 2 rings (SSSR count). The molecule has 0 amide bonds. The first-order valence-electron chi connectivity index (χ1n) is 6.23. The van der Waals surface area contributed by atoms with Crippen LogP contribution in [-0.4, -0.2) is 12.2 Å². The van der Waals surface area contributed by atoms with E-state index in [1.807, 2.05) is 30.3 Å². The number of ether oxygens (including phenoxy) is 2. The normalized spacial score (nSPS) is 12.7. The molecule has 0 aromatic heterocycles. The van der Waals surface area contributed by atoms with E-state index in [9.17, 15) is 5.11 Å². The highest BCUT2D eigenvalue weighted by Gasteiger charge is 2.05. The second kappa shape index (κ2) is 6.07. The zero-order valence-corrected chi connectivity index (χ0v) is 10.2. The Bertz CT molecular complexity index is 526. The van der Waals surface area contributed by atoms with Gasteiger partial charge in [-0.1, -0.05) is 36.4 Å². The highest BCUT2D eigenvalue weighted by atomic mass is 16.5. The van der Waals surface area contributed by atoms with Crippen molar-refractivity contribution in [2.75, 3.05) is 7.11 Å². The highest BCUT2D eigenvalue weighted by Crippen LogP contribution is 2.28. The van der Waals surface area contributed by atoms with Gasteiger partial charge in [-0.05, 0) is 23.3 Å². The van der Waals surface area contributed by atoms with E-state index in [0.717, 1.165) is 5.56 Å². The molecule has 2 aromatic rings. The third kappa shape index (κ3) is 3.02. The van der Waals surface area contributed by atoms with Crippen molar-refractivity contribution in [1.29, 1.82) is 0 Å². The van der Waals surface area contributed by atoms with Crippen molar-refractivity contribution in [3.8, 4) is 11.5 Å². The molecule has 2 aromatic carbocycles. The minimum Gasteiger partial charge on any atom is -0.493 e. The van der Waals surface area contributed by atoms with Gasteiger partial charge in [0, 0.05) is 0 Å². The summed E-state index contributed by atoms with van der Waals surface area (Å²) in [6.07, 6.45) is 0. The first kappa shape index (κ1) is 11.1. The van der Waals surface area contributed by atoms with Gasteiger partial charge in [0.2, 0.25) is 0 Å². The van der Waals surface area contributed by atoms with E-state index in [1.54, 1.807) is 25.3 Å². The maximum Gasteiger partial charge on any atom is 0.162 e. The number of benzene rings is 2. The molecular formula is C15H16O3. The van der Waals surface area contributed by atoms with E-state index in [4.69, 9.17) is 10.8 Å². The Balaban J connectivity index is 2.16.